The number of hydrogen-bond donors (Lipinski definition) is 0. The summed E-state index contributed by atoms with van der Waals surface area (Å²) in [6.45, 7) is 0.150. The molecular formula is C27H20O8. The number of allylic oxidation sites excluding steroid dienone is 1. The van der Waals surface area contributed by atoms with Crippen molar-refractivity contribution in [3.63, 3.8) is 0 Å². The Morgan fingerprint density at radius 1 is 0.914 bits per heavy atom. The van der Waals surface area contributed by atoms with Crippen LogP contribution in [0.2, 0.25) is 0 Å². The van der Waals surface area contributed by atoms with Crippen molar-refractivity contribution in [3.8, 4) is 34.5 Å². The fraction of sp³-hybridized carbons (Fsp3) is 0.185. The molecule has 176 valence electrons. The molecule has 0 amide bonds. The minimum Gasteiger partial charge on any atom is -0.493 e. The highest BCUT2D eigenvalue weighted by molar-refractivity contribution is 6.15. The lowest BCUT2D eigenvalue weighted by atomic mass is 9.84. The van der Waals surface area contributed by atoms with Crippen LogP contribution in [-0.4, -0.2) is 32.8 Å². The predicted molar refractivity (Wildman–Crippen MR) is 124 cm³/mol. The van der Waals surface area contributed by atoms with E-state index in [0.29, 0.717) is 51.2 Å². The smallest absolute Gasteiger partial charge is 0.312 e. The molecule has 6 rings (SSSR count). The van der Waals surface area contributed by atoms with Crippen molar-refractivity contribution in [2.75, 3.05) is 21.0 Å². The summed E-state index contributed by atoms with van der Waals surface area (Å²) in [6.07, 6.45) is 1.73. The molecule has 3 aromatic carbocycles. The molecular weight excluding hydrogens is 452 g/mol. The quantitative estimate of drug-likeness (QED) is 0.312. The molecule has 8 nitrogen and oxygen atoms in total. The van der Waals surface area contributed by atoms with E-state index in [2.05, 4.69) is 0 Å². The van der Waals surface area contributed by atoms with Crippen LogP contribution in [0.5, 0.6) is 34.5 Å². The molecule has 0 radical (unpaired) electrons. The lowest BCUT2D eigenvalue weighted by Crippen LogP contribution is -2.21. The Hall–Kier alpha value is -4.46. The summed E-state index contributed by atoms with van der Waals surface area (Å²) < 4.78 is 33.4. The summed E-state index contributed by atoms with van der Waals surface area (Å²) in [5.41, 5.74) is 2.52. The molecule has 3 aliphatic heterocycles. The second kappa shape index (κ2) is 8.09. The summed E-state index contributed by atoms with van der Waals surface area (Å²) in [5.74, 6) is 2.17. The fourth-order valence-corrected chi connectivity index (χ4v) is 4.69. The van der Waals surface area contributed by atoms with Gasteiger partial charge >= 0.3 is 5.97 Å². The molecule has 0 spiro atoms. The molecule has 0 aromatic heterocycles. The van der Waals surface area contributed by atoms with Crippen molar-refractivity contribution in [1.29, 1.82) is 0 Å². The van der Waals surface area contributed by atoms with Gasteiger partial charge < -0.3 is 28.4 Å². The second-order valence-corrected chi connectivity index (χ2v) is 8.22. The molecule has 35 heavy (non-hydrogen) atoms. The maximum atomic E-state index is 13.3. The number of fused-ring (bicyclic) bond motifs is 4. The van der Waals surface area contributed by atoms with Gasteiger partial charge in [-0.1, -0.05) is 18.2 Å². The van der Waals surface area contributed by atoms with Crippen molar-refractivity contribution >= 4 is 17.8 Å². The number of ketones is 1. The highest BCUT2D eigenvalue weighted by Crippen LogP contribution is 2.50. The van der Waals surface area contributed by atoms with E-state index in [0.717, 1.165) is 5.56 Å². The first-order valence-electron chi connectivity index (χ1n) is 11.0. The van der Waals surface area contributed by atoms with Crippen LogP contribution in [0.3, 0.4) is 0 Å². The van der Waals surface area contributed by atoms with Gasteiger partial charge in [-0.3, -0.25) is 9.59 Å². The van der Waals surface area contributed by atoms with Gasteiger partial charge in [0.1, 0.15) is 11.5 Å². The number of methoxy groups -OCH3 is 2. The maximum absolute atomic E-state index is 13.3. The average molecular weight is 472 g/mol. The Kier molecular flexibility index (Phi) is 4.88. The van der Waals surface area contributed by atoms with Crippen LogP contribution in [0, 0.1) is 0 Å². The first kappa shape index (κ1) is 21.1. The number of carbonyl (C=O) groups is 2. The molecule has 0 fully saturated rings. The Labute approximate surface area is 200 Å². The van der Waals surface area contributed by atoms with E-state index in [4.69, 9.17) is 28.4 Å². The molecule has 0 unspecified atom stereocenters. The van der Waals surface area contributed by atoms with E-state index in [1.165, 1.54) is 7.11 Å². The lowest BCUT2D eigenvalue weighted by molar-refractivity contribution is -0.135. The maximum Gasteiger partial charge on any atom is 0.312 e. The SMILES string of the molecule is COc1cccc(/C=C2\Oc3c(ccc4c3[C@H](c3ccc5c(c3)OCO5)CC(=O)O4)C2=O)c1OC. The topological polar surface area (TPSA) is 89.5 Å². The van der Waals surface area contributed by atoms with Gasteiger partial charge in [-0.05, 0) is 42.0 Å². The Morgan fingerprint density at radius 3 is 2.57 bits per heavy atom. The van der Waals surface area contributed by atoms with Crippen LogP contribution in [0.4, 0.5) is 0 Å². The molecule has 3 heterocycles. The number of hydrogen-bond acceptors (Lipinski definition) is 8. The largest absolute Gasteiger partial charge is 0.493 e. The molecule has 0 saturated carbocycles. The van der Waals surface area contributed by atoms with E-state index >= 15 is 0 Å². The zero-order chi connectivity index (χ0) is 24.1. The van der Waals surface area contributed by atoms with E-state index in [9.17, 15) is 9.59 Å². The standard InChI is InChI=1S/C27H20O8/c1-30-20-5-3-4-15(26(20)31-2)11-22-25(29)16-7-9-19-24(27(16)35-22)17(12-23(28)34-19)14-6-8-18-21(10-14)33-13-32-18/h3-11,17H,12-13H2,1-2H3/b22-11-/t17-/m0/s1. The van der Waals surface area contributed by atoms with E-state index in [1.807, 2.05) is 18.2 Å². The first-order chi connectivity index (χ1) is 17.1. The minimum absolute atomic E-state index is 0.101. The van der Waals surface area contributed by atoms with E-state index in [1.54, 1.807) is 43.5 Å². The summed E-state index contributed by atoms with van der Waals surface area (Å²) in [6, 6.07) is 14.2. The van der Waals surface area contributed by atoms with Gasteiger partial charge in [0, 0.05) is 17.0 Å². The summed E-state index contributed by atoms with van der Waals surface area (Å²) >= 11 is 0. The zero-order valence-corrected chi connectivity index (χ0v) is 19.0. The number of rotatable bonds is 4. The van der Waals surface area contributed by atoms with Gasteiger partial charge in [-0.15, -0.1) is 0 Å². The van der Waals surface area contributed by atoms with Gasteiger partial charge in [0.05, 0.1) is 26.2 Å². The van der Waals surface area contributed by atoms with E-state index in [-0.39, 0.29) is 36.6 Å². The summed E-state index contributed by atoms with van der Waals surface area (Å²) in [7, 11) is 3.08. The third kappa shape index (κ3) is 3.37. The number of ether oxygens (including phenoxy) is 6. The zero-order valence-electron chi connectivity index (χ0n) is 19.0. The summed E-state index contributed by atoms with van der Waals surface area (Å²) in [5, 5.41) is 0. The number of Topliss-reactive ketones (excluding diaryl/α,β-unsaturated/α-hetero) is 1. The number of carbonyl (C=O) groups excluding carboxylic acids is 2. The van der Waals surface area contributed by atoms with Crippen LogP contribution in [0.1, 0.15) is 39.4 Å². The third-order valence-corrected chi connectivity index (χ3v) is 6.30. The van der Waals surface area contributed by atoms with Crippen LogP contribution in [0.15, 0.2) is 54.3 Å². The summed E-state index contributed by atoms with van der Waals surface area (Å²) in [4.78, 5) is 25.7. The molecule has 0 aliphatic carbocycles. The Bertz CT molecular complexity index is 1420. The van der Waals surface area contributed by atoms with Crippen molar-refractivity contribution in [3.05, 3.63) is 76.5 Å². The average Bonchev–Trinajstić information content (AvgIpc) is 3.47. The molecule has 8 heteroatoms. The highest BCUT2D eigenvalue weighted by atomic mass is 16.7. The normalized spacial score (nSPS) is 18.6. The van der Waals surface area contributed by atoms with Gasteiger partial charge in [0.15, 0.2) is 28.8 Å². The molecule has 1 atom stereocenters. The molecule has 0 N–H and O–H groups in total. The third-order valence-electron chi connectivity index (χ3n) is 6.30. The molecule has 3 aromatic rings. The number of benzene rings is 3. The van der Waals surface area contributed by atoms with Gasteiger partial charge in [0.25, 0.3) is 0 Å². The van der Waals surface area contributed by atoms with Crippen molar-refractivity contribution < 1.29 is 38.0 Å². The van der Waals surface area contributed by atoms with Gasteiger partial charge in [0.2, 0.25) is 12.6 Å². The minimum atomic E-state index is -0.380. The number of esters is 1. The molecule has 0 saturated heterocycles. The fourth-order valence-electron chi connectivity index (χ4n) is 4.69. The second-order valence-electron chi connectivity index (χ2n) is 8.22. The van der Waals surface area contributed by atoms with Gasteiger partial charge in [-0.25, -0.2) is 0 Å². The highest BCUT2D eigenvalue weighted by Gasteiger charge is 2.39. The predicted octanol–water partition coefficient (Wildman–Crippen LogP) is 4.49. The van der Waals surface area contributed by atoms with Crippen molar-refractivity contribution in [2.45, 2.75) is 12.3 Å². The molecule has 3 aliphatic rings. The van der Waals surface area contributed by atoms with Crippen LogP contribution >= 0.6 is 0 Å². The van der Waals surface area contributed by atoms with E-state index < -0.39 is 0 Å². The van der Waals surface area contributed by atoms with Crippen molar-refractivity contribution in [2.24, 2.45) is 0 Å². The number of para-hydroxylation sites is 1. The molecule has 0 bridgehead atoms. The van der Waals surface area contributed by atoms with Crippen LogP contribution in [-0.2, 0) is 4.79 Å². The Balaban J connectivity index is 1.45. The Morgan fingerprint density at radius 2 is 1.74 bits per heavy atom. The lowest BCUT2D eigenvalue weighted by Gasteiger charge is -2.26. The van der Waals surface area contributed by atoms with Crippen LogP contribution < -0.4 is 28.4 Å². The van der Waals surface area contributed by atoms with Gasteiger partial charge in [-0.2, -0.15) is 0 Å². The monoisotopic (exact) mass is 472 g/mol. The van der Waals surface area contributed by atoms with Crippen molar-refractivity contribution in [1.82, 2.24) is 0 Å². The first-order valence-corrected chi connectivity index (χ1v) is 11.0. The van der Waals surface area contributed by atoms with Crippen LogP contribution in [0.25, 0.3) is 6.08 Å².